The van der Waals surface area contributed by atoms with Crippen molar-refractivity contribution in [1.82, 2.24) is 19.9 Å². The topological polar surface area (TPSA) is 63.1 Å². The molecule has 22 heavy (non-hydrogen) atoms. The predicted octanol–water partition coefficient (Wildman–Crippen LogP) is 2.68. The van der Waals surface area contributed by atoms with Crippen LogP contribution in [0.1, 0.15) is 31.7 Å². The summed E-state index contributed by atoms with van der Waals surface area (Å²) in [6.07, 6.45) is 7.46. The van der Waals surface area contributed by atoms with Crippen molar-refractivity contribution in [2.24, 2.45) is 0 Å². The Labute approximate surface area is 129 Å². The number of para-hydroxylation sites is 1. The van der Waals surface area contributed by atoms with E-state index < -0.39 is 0 Å². The van der Waals surface area contributed by atoms with Gasteiger partial charge in [0.05, 0.1) is 18.4 Å². The van der Waals surface area contributed by atoms with Gasteiger partial charge in [-0.05, 0) is 37.8 Å². The van der Waals surface area contributed by atoms with Gasteiger partial charge in [-0.25, -0.2) is 4.79 Å². The normalized spacial score (nSPS) is 26.9. The maximum Gasteiger partial charge on any atom is 0.322 e. The van der Waals surface area contributed by atoms with E-state index in [2.05, 4.69) is 15.5 Å². The lowest BCUT2D eigenvalue weighted by atomic mass is 9.98. The summed E-state index contributed by atoms with van der Waals surface area (Å²) in [6, 6.07) is 10.6. The molecule has 2 aliphatic heterocycles. The maximum atomic E-state index is 12.6. The van der Waals surface area contributed by atoms with Gasteiger partial charge in [0.15, 0.2) is 0 Å². The number of carbonyl (C=O) groups is 1. The lowest BCUT2D eigenvalue weighted by Crippen LogP contribution is -2.49. The summed E-state index contributed by atoms with van der Waals surface area (Å²) in [5.41, 5.74) is 0.850. The van der Waals surface area contributed by atoms with Crippen LogP contribution in [-0.2, 0) is 0 Å². The summed E-state index contributed by atoms with van der Waals surface area (Å²) in [5.74, 6) is 0. The number of hydrogen-bond acceptors (Lipinski definition) is 3. The first-order valence-corrected chi connectivity index (χ1v) is 7.81. The summed E-state index contributed by atoms with van der Waals surface area (Å²) >= 11 is 0. The zero-order valence-electron chi connectivity index (χ0n) is 12.3. The van der Waals surface area contributed by atoms with Crippen molar-refractivity contribution < 1.29 is 4.79 Å². The number of hydrogen-bond donors (Lipinski definition) is 1. The molecule has 2 fully saturated rings. The summed E-state index contributed by atoms with van der Waals surface area (Å²) < 4.78 is 0. The van der Waals surface area contributed by atoms with Gasteiger partial charge in [-0.15, -0.1) is 0 Å². The zero-order valence-corrected chi connectivity index (χ0v) is 12.3. The molecule has 2 aliphatic rings. The summed E-state index contributed by atoms with van der Waals surface area (Å²) in [5, 5.41) is 11.5. The SMILES string of the molecule is O=C(Nc1ccccc1)N1C2CCC1CC(n1nccn1)C2. The van der Waals surface area contributed by atoms with E-state index in [9.17, 15) is 4.79 Å². The minimum Gasteiger partial charge on any atom is -0.318 e. The van der Waals surface area contributed by atoms with Crippen LogP contribution in [0.2, 0.25) is 0 Å². The van der Waals surface area contributed by atoms with Gasteiger partial charge < -0.3 is 10.2 Å². The van der Waals surface area contributed by atoms with Crippen LogP contribution in [0, 0.1) is 0 Å². The lowest BCUT2D eigenvalue weighted by Gasteiger charge is -2.38. The number of urea groups is 1. The predicted molar refractivity (Wildman–Crippen MR) is 82.4 cm³/mol. The smallest absolute Gasteiger partial charge is 0.318 e. The van der Waals surface area contributed by atoms with Gasteiger partial charge in [-0.2, -0.15) is 15.0 Å². The molecule has 1 N–H and O–H groups in total. The molecule has 1 aromatic heterocycles. The highest BCUT2D eigenvalue weighted by molar-refractivity contribution is 5.90. The Balaban J connectivity index is 1.47. The molecular formula is C16H19N5O. The van der Waals surface area contributed by atoms with Gasteiger partial charge >= 0.3 is 6.03 Å². The highest BCUT2D eigenvalue weighted by atomic mass is 16.2. The third-order valence-corrected chi connectivity index (χ3v) is 4.73. The maximum absolute atomic E-state index is 12.6. The van der Waals surface area contributed by atoms with Crippen LogP contribution < -0.4 is 5.32 Å². The molecule has 2 atom stereocenters. The highest BCUT2D eigenvalue weighted by Crippen LogP contribution is 2.40. The molecule has 2 bridgehead atoms. The van der Waals surface area contributed by atoms with Crippen molar-refractivity contribution in [3.63, 3.8) is 0 Å². The average Bonchev–Trinajstić information content (AvgIpc) is 3.15. The lowest BCUT2D eigenvalue weighted by molar-refractivity contribution is 0.124. The number of anilines is 1. The Morgan fingerprint density at radius 3 is 2.27 bits per heavy atom. The third-order valence-electron chi connectivity index (χ3n) is 4.73. The van der Waals surface area contributed by atoms with Crippen molar-refractivity contribution in [2.75, 3.05) is 5.32 Å². The van der Waals surface area contributed by atoms with E-state index in [1.54, 1.807) is 17.2 Å². The van der Waals surface area contributed by atoms with E-state index >= 15 is 0 Å². The second kappa shape index (κ2) is 5.44. The van der Waals surface area contributed by atoms with E-state index in [0.29, 0.717) is 18.1 Å². The fourth-order valence-corrected chi connectivity index (χ4v) is 3.79. The largest absolute Gasteiger partial charge is 0.322 e. The number of benzene rings is 1. The first-order valence-electron chi connectivity index (χ1n) is 7.81. The van der Waals surface area contributed by atoms with Gasteiger partial charge in [-0.3, -0.25) is 0 Å². The first-order chi connectivity index (χ1) is 10.8. The van der Waals surface area contributed by atoms with Gasteiger partial charge in [0, 0.05) is 17.8 Å². The molecule has 6 nitrogen and oxygen atoms in total. The molecule has 2 aromatic rings. The molecule has 4 rings (SSSR count). The van der Waals surface area contributed by atoms with Gasteiger partial charge in [0.1, 0.15) is 0 Å². The monoisotopic (exact) mass is 297 g/mol. The van der Waals surface area contributed by atoms with Crippen LogP contribution in [0.5, 0.6) is 0 Å². The van der Waals surface area contributed by atoms with Crippen LogP contribution in [-0.4, -0.2) is 38.0 Å². The number of rotatable bonds is 2. The van der Waals surface area contributed by atoms with Crippen LogP contribution in [0.3, 0.4) is 0 Å². The molecule has 1 aromatic carbocycles. The Morgan fingerprint density at radius 1 is 1.00 bits per heavy atom. The second-order valence-corrected chi connectivity index (χ2v) is 6.06. The Morgan fingerprint density at radius 2 is 1.64 bits per heavy atom. The van der Waals surface area contributed by atoms with E-state index in [1.165, 1.54) is 0 Å². The minimum atomic E-state index is 0.0191. The molecule has 3 heterocycles. The quantitative estimate of drug-likeness (QED) is 0.927. The van der Waals surface area contributed by atoms with E-state index in [1.807, 2.05) is 35.2 Å². The number of amides is 2. The summed E-state index contributed by atoms with van der Waals surface area (Å²) in [6.45, 7) is 0. The van der Waals surface area contributed by atoms with Gasteiger partial charge in [0.25, 0.3) is 0 Å². The number of piperidine rings is 1. The van der Waals surface area contributed by atoms with Crippen LogP contribution in [0.4, 0.5) is 10.5 Å². The van der Waals surface area contributed by atoms with Crippen molar-refractivity contribution in [2.45, 2.75) is 43.8 Å². The number of carbonyl (C=O) groups excluding carboxylic acids is 1. The van der Waals surface area contributed by atoms with E-state index in [-0.39, 0.29) is 6.03 Å². The Hall–Kier alpha value is -2.37. The van der Waals surface area contributed by atoms with Gasteiger partial charge in [0.2, 0.25) is 0 Å². The Kier molecular flexibility index (Phi) is 3.29. The minimum absolute atomic E-state index is 0.0191. The highest BCUT2D eigenvalue weighted by Gasteiger charge is 2.44. The molecule has 0 spiro atoms. The number of nitrogens with zero attached hydrogens (tertiary/aromatic N) is 4. The van der Waals surface area contributed by atoms with Crippen molar-refractivity contribution in [3.05, 3.63) is 42.7 Å². The molecule has 114 valence electrons. The standard InChI is InChI=1S/C16H19N5O/c22-16(19-12-4-2-1-3-5-12)20-13-6-7-14(20)11-15(10-13)21-17-8-9-18-21/h1-5,8-9,13-15H,6-7,10-11H2,(H,19,22). The average molecular weight is 297 g/mol. The van der Waals surface area contributed by atoms with Crippen LogP contribution in [0.25, 0.3) is 0 Å². The number of fused-ring (bicyclic) bond motifs is 2. The zero-order chi connectivity index (χ0) is 14.9. The fourth-order valence-electron chi connectivity index (χ4n) is 3.79. The van der Waals surface area contributed by atoms with Crippen molar-refractivity contribution >= 4 is 11.7 Å². The molecule has 6 heteroatoms. The molecule has 2 amide bonds. The van der Waals surface area contributed by atoms with Crippen LogP contribution in [0.15, 0.2) is 42.7 Å². The molecule has 0 saturated carbocycles. The molecular weight excluding hydrogens is 278 g/mol. The third kappa shape index (κ3) is 2.34. The van der Waals surface area contributed by atoms with Crippen molar-refractivity contribution in [1.29, 1.82) is 0 Å². The van der Waals surface area contributed by atoms with E-state index in [4.69, 9.17) is 0 Å². The molecule has 0 aliphatic carbocycles. The second-order valence-electron chi connectivity index (χ2n) is 6.06. The summed E-state index contributed by atoms with van der Waals surface area (Å²) in [7, 11) is 0. The molecule has 2 unspecified atom stereocenters. The molecule has 2 saturated heterocycles. The summed E-state index contributed by atoms with van der Waals surface area (Å²) in [4.78, 5) is 16.4. The number of nitrogens with one attached hydrogen (secondary N) is 1. The van der Waals surface area contributed by atoms with Gasteiger partial charge in [-0.1, -0.05) is 18.2 Å². The first kappa shape index (κ1) is 13.3. The van der Waals surface area contributed by atoms with Crippen molar-refractivity contribution in [3.8, 4) is 0 Å². The van der Waals surface area contributed by atoms with E-state index in [0.717, 1.165) is 31.4 Å². The number of aromatic nitrogens is 3. The fraction of sp³-hybridized carbons (Fsp3) is 0.438. The molecule has 0 radical (unpaired) electrons. The van der Waals surface area contributed by atoms with Crippen LogP contribution >= 0.6 is 0 Å². The Bertz CT molecular complexity index is 628.